The number of ether oxygens (including phenoxy) is 1. The van der Waals surface area contributed by atoms with Gasteiger partial charge in [0.2, 0.25) is 5.91 Å². The first-order valence-corrected chi connectivity index (χ1v) is 10.2. The Bertz CT molecular complexity index is 1410. The molecule has 1 amide bonds. The van der Waals surface area contributed by atoms with Crippen molar-refractivity contribution >= 4 is 28.4 Å². The number of nitrogens with one attached hydrogen (secondary N) is 1. The summed E-state index contributed by atoms with van der Waals surface area (Å²) < 4.78 is 12.8. The van der Waals surface area contributed by atoms with Crippen molar-refractivity contribution in [2.24, 2.45) is 0 Å². The van der Waals surface area contributed by atoms with Crippen LogP contribution >= 0.6 is 11.6 Å². The molecule has 0 fully saturated rings. The van der Waals surface area contributed by atoms with Gasteiger partial charge in [0.1, 0.15) is 17.6 Å². The summed E-state index contributed by atoms with van der Waals surface area (Å²) in [6.45, 7) is 1.74. The standard InChI is InChI=1S/C23H20ClN3O5/c1-14(21(28)25-13-16-6-5-11-32-16)26-19-12-15(24)9-10-17(19)22(29)27(23(26)30)18-7-3-4-8-20(18)31-2/h3-12,14H,13H2,1-2H3,(H,25,28). The predicted octanol–water partition coefficient (Wildman–Crippen LogP) is 3.28. The van der Waals surface area contributed by atoms with Crippen LogP contribution in [-0.4, -0.2) is 22.2 Å². The summed E-state index contributed by atoms with van der Waals surface area (Å²) in [5.41, 5.74) is -0.682. The number of hydrogen-bond donors (Lipinski definition) is 1. The van der Waals surface area contributed by atoms with Gasteiger partial charge in [0, 0.05) is 5.02 Å². The number of carbonyl (C=O) groups excluding carboxylic acids is 1. The fourth-order valence-electron chi connectivity index (χ4n) is 3.56. The Morgan fingerprint density at radius 3 is 2.66 bits per heavy atom. The summed E-state index contributed by atoms with van der Waals surface area (Å²) in [5, 5.41) is 3.33. The van der Waals surface area contributed by atoms with Crippen molar-refractivity contribution in [3.8, 4) is 11.4 Å². The summed E-state index contributed by atoms with van der Waals surface area (Å²) in [4.78, 5) is 39.8. The lowest BCUT2D eigenvalue weighted by molar-refractivity contribution is -0.124. The topological polar surface area (TPSA) is 95.5 Å². The second-order valence-electron chi connectivity index (χ2n) is 7.10. The van der Waals surface area contributed by atoms with Crippen molar-refractivity contribution in [3.05, 3.63) is 92.5 Å². The number of rotatable bonds is 6. The average molecular weight is 454 g/mol. The Labute approximate surface area is 187 Å². The molecule has 0 radical (unpaired) electrons. The van der Waals surface area contributed by atoms with Crippen LogP contribution in [0.3, 0.4) is 0 Å². The van der Waals surface area contributed by atoms with Gasteiger partial charge >= 0.3 is 5.69 Å². The Morgan fingerprint density at radius 1 is 1.16 bits per heavy atom. The van der Waals surface area contributed by atoms with E-state index in [4.69, 9.17) is 20.8 Å². The number of benzene rings is 2. The zero-order chi connectivity index (χ0) is 22.8. The number of nitrogens with zero attached hydrogens (tertiary/aromatic N) is 2. The SMILES string of the molecule is COc1ccccc1-n1c(=O)c2ccc(Cl)cc2n(C(C)C(=O)NCc2ccco2)c1=O. The molecule has 0 aliphatic heterocycles. The van der Waals surface area contributed by atoms with Crippen LogP contribution in [0.15, 0.2) is 74.9 Å². The monoisotopic (exact) mass is 453 g/mol. The molecule has 32 heavy (non-hydrogen) atoms. The number of fused-ring (bicyclic) bond motifs is 1. The lowest BCUT2D eigenvalue weighted by Crippen LogP contribution is -2.43. The van der Waals surface area contributed by atoms with Crippen LogP contribution in [0.5, 0.6) is 5.75 Å². The van der Waals surface area contributed by atoms with E-state index in [2.05, 4.69) is 5.32 Å². The predicted molar refractivity (Wildman–Crippen MR) is 121 cm³/mol. The van der Waals surface area contributed by atoms with Crippen molar-refractivity contribution in [1.29, 1.82) is 0 Å². The molecule has 4 aromatic rings. The van der Waals surface area contributed by atoms with Crippen molar-refractivity contribution in [1.82, 2.24) is 14.5 Å². The molecule has 0 aliphatic rings. The molecular formula is C23H20ClN3O5. The minimum Gasteiger partial charge on any atom is -0.495 e. The van der Waals surface area contributed by atoms with E-state index in [1.165, 1.54) is 30.1 Å². The first-order valence-electron chi connectivity index (χ1n) is 9.82. The van der Waals surface area contributed by atoms with Crippen LogP contribution < -0.4 is 21.3 Å². The quantitative estimate of drug-likeness (QED) is 0.483. The molecule has 2 aromatic carbocycles. The highest BCUT2D eigenvalue weighted by molar-refractivity contribution is 6.31. The highest BCUT2D eigenvalue weighted by Crippen LogP contribution is 2.23. The number of halogens is 1. The largest absolute Gasteiger partial charge is 0.495 e. The van der Waals surface area contributed by atoms with Crippen LogP contribution in [0, 0.1) is 0 Å². The van der Waals surface area contributed by atoms with Crippen LogP contribution in [-0.2, 0) is 11.3 Å². The third-order valence-corrected chi connectivity index (χ3v) is 5.40. The third-order valence-electron chi connectivity index (χ3n) is 5.16. The zero-order valence-corrected chi connectivity index (χ0v) is 18.1. The van der Waals surface area contributed by atoms with Gasteiger partial charge in [-0.1, -0.05) is 23.7 Å². The maximum atomic E-state index is 13.6. The van der Waals surface area contributed by atoms with Crippen molar-refractivity contribution in [2.75, 3.05) is 7.11 Å². The van der Waals surface area contributed by atoms with Crippen molar-refractivity contribution in [2.45, 2.75) is 19.5 Å². The fraction of sp³-hybridized carbons (Fsp3) is 0.174. The van der Waals surface area contributed by atoms with E-state index in [1.54, 1.807) is 49.4 Å². The minimum atomic E-state index is -0.944. The lowest BCUT2D eigenvalue weighted by atomic mass is 10.2. The molecule has 0 bridgehead atoms. The molecule has 8 nitrogen and oxygen atoms in total. The molecule has 4 rings (SSSR count). The summed E-state index contributed by atoms with van der Waals surface area (Å²) >= 11 is 6.16. The molecule has 2 heterocycles. The van der Waals surface area contributed by atoms with Gasteiger partial charge in [-0.2, -0.15) is 0 Å². The summed E-state index contributed by atoms with van der Waals surface area (Å²) in [7, 11) is 1.45. The number of amides is 1. The van der Waals surface area contributed by atoms with E-state index >= 15 is 0 Å². The summed E-state index contributed by atoms with van der Waals surface area (Å²) in [6, 6.07) is 13.8. The highest BCUT2D eigenvalue weighted by atomic mass is 35.5. The maximum absolute atomic E-state index is 13.6. The smallest absolute Gasteiger partial charge is 0.337 e. The Morgan fingerprint density at radius 2 is 1.94 bits per heavy atom. The maximum Gasteiger partial charge on any atom is 0.337 e. The highest BCUT2D eigenvalue weighted by Gasteiger charge is 2.24. The van der Waals surface area contributed by atoms with E-state index in [0.29, 0.717) is 16.5 Å². The first kappa shape index (κ1) is 21.5. The number of aromatic nitrogens is 2. The number of para-hydroxylation sites is 2. The van der Waals surface area contributed by atoms with Crippen LogP contribution in [0.25, 0.3) is 16.6 Å². The normalized spacial score (nSPS) is 12.0. The van der Waals surface area contributed by atoms with Gasteiger partial charge in [-0.3, -0.25) is 14.2 Å². The second kappa shape index (κ2) is 8.76. The Balaban J connectivity index is 1.91. The Hall–Kier alpha value is -3.78. The number of furan rings is 1. The molecule has 0 spiro atoms. The van der Waals surface area contributed by atoms with Gasteiger partial charge in [-0.25, -0.2) is 9.36 Å². The number of methoxy groups -OCH3 is 1. The van der Waals surface area contributed by atoms with Gasteiger partial charge in [0.25, 0.3) is 5.56 Å². The minimum absolute atomic E-state index is 0.162. The molecule has 9 heteroatoms. The number of hydrogen-bond acceptors (Lipinski definition) is 5. The van der Waals surface area contributed by atoms with Crippen LogP contribution in [0.2, 0.25) is 5.02 Å². The molecule has 0 aliphatic carbocycles. The van der Waals surface area contributed by atoms with Gasteiger partial charge in [-0.05, 0) is 49.4 Å². The van der Waals surface area contributed by atoms with E-state index in [9.17, 15) is 14.4 Å². The Kier molecular flexibility index (Phi) is 5.87. The van der Waals surface area contributed by atoms with E-state index in [-0.39, 0.29) is 23.1 Å². The molecule has 0 saturated heterocycles. The van der Waals surface area contributed by atoms with Crippen molar-refractivity contribution in [3.63, 3.8) is 0 Å². The summed E-state index contributed by atoms with van der Waals surface area (Å²) in [6.07, 6.45) is 1.51. The molecule has 0 saturated carbocycles. The third kappa shape index (κ3) is 3.80. The van der Waals surface area contributed by atoms with Gasteiger partial charge in [-0.15, -0.1) is 0 Å². The van der Waals surface area contributed by atoms with E-state index in [0.717, 1.165) is 4.57 Å². The zero-order valence-electron chi connectivity index (χ0n) is 17.4. The fourth-order valence-corrected chi connectivity index (χ4v) is 3.72. The molecule has 164 valence electrons. The van der Waals surface area contributed by atoms with Gasteiger partial charge in [0.15, 0.2) is 0 Å². The molecule has 1 atom stereocenters. The van der Waals surface area contributed by atoms with Crippen LogP contribution in [0.4, 0.5) is 0 Å². The van der Waals surface area contributed by atoms with E-state index in [1.807, 2.05) is 0 Å². The van der Waals surface area contributed by atoms with Gasteiger partial charge < -0.3 is 14.5 Å². The molecular weight excluding hydrogens is 434 g/mol. The molecule has 1 unspecified atom stereocenters. The molecule has 2 aromatic heterocycles. The lowest BCUT2D eigenvalue weighted by Gasteiger charge is -2.20. The second-order valence-corrected chi connectivity index (χ2v) is 7.54. The van der Waals surface area contributed by atoms with Gasteiger partial charge in [0.05, 0.1) is 36.5 Å². The first-order chi connectivity index (χ1) is 15.4. The van der Waals surface area contributed by atoms with Crippen molar-refractivity contribution < 1.29 is 13.9 Å². The number of carbonyl (C=O) groups is 1. The summed E-state index contributed by atoms with van der Waals surface area (Å²) in [5.74, 6) is 0.501. The van der Waals surface area contributed by atoms with Crippen LogP contribution in [0.1, 0.15) is 18.7 Å². The average Bonchev–Trinajstić information content (AvgIpc) is 3.31. The van der Waals surface area contributed by atoms with E-state index < -0.39 is 23.2 Å². The molecule has 1 N–H and O–H groups in total.